The number of carbonyl (C=O) groups excluding carboxylic acids is 1. The highest BCUT2D eigenvalue weighted by atomic mass is 16.5. The lowest BCUT2D eigenvalue weighted by Crippen LogP contribution is -2.25. The molecule has 1 aromatic carbocycles. The molecule has 0 spiro atoms. The number of allylic oxidation sites excluding steroid dienone is 2. The van der Waals surface area contributed by atoms with Crippen LogP contribution < -0.4 is 10.8 Å². The summed E-state index contributed by atoms with van der Waals surface area (Å²) in [6.07, 6.45) is 9.81. The number of nitrogens with one attached hydrogen (secondary N) is 2. The number of amides is 1. The first kappa shape index (κ1) is 14.3. The normalized spacial score (nSPS) is 20.1. The van der Waals surface area contributed by atoms with Crippen molar-refractivity contribution in [2.75, 3.05) is 5.32 Å². The second-order valence-electron chi connectivity index (χ2n) is 5.37. The van der Waals surface area contributed by atoms with Gasteiger partial charge in [-0.2, -0.15) is 0 Å². The third-order valence-electron chi connectivity index (χ3n) is 3.79. The number of aromatic nitrogens is 1. The third-order valence-corrected chi connectivity index (χ3v) is 3.79. The molecule has 1 heterocycles. The molecule has 1 aliphatic rings. The topological polar surface area (TPSA) is 74.2 Å². The maximum Gasteiger partial charge on any atom is 0.276 e. The van der Waals surface area contributed by atoms with E-state index in [-0.39, 0.29) is 6.04 Å². The number of nitrogens with zero attached hydrogens (tertiary/aromatic N) is 1. The maximum absolute atomic E-state index is 11.5. The van der Waals surface area contributed by atoms with Gasteiger partial charge in [-0.25, -0.2) is 5.48 Å². The highest BCUT2D eigenvalue weighted by Gasteiger charge is 2.14. The van der Waals surface area contributed by atoms with Gasteiger partial charge in [-0.3, -0.25) is 15.0 Å². The van der Waals surface area contributed by atoms with Crippen molar-refractivity contribution in [3.05, 3.63) is 60.3 Å². The van der Waals surface area contributed by atoms with Gasteiger partial charge < -0.3 is 5.32 Å². The summed E-state index contributed by atoms with van der Waals surface area (Å²) in [5.74, 6) is -0.160. The van der Waals surface area contributed by atoms with Gasteiger partial charge in [0.2, 0.25) is 0 Å². The number of fused-ring (bicyclic) bond motifs is 1. The molecule has 0 radical (unpaired) electrons. The molecular weight excluding hydrogens is 278 g/mol. The Morgan fingerprint density at radius 2 is 2.05 bits per heavy atom. The molecule has 1 aliphatic carbocycles. The van der Waals surface area contributed by atoms with Gasteiger partial charge in [-0.1, -0.05) is 31.2 Å². The van der Waals surface area contributed by atoms with Crippen LogP contribution in [0.3, 0.4) is 0 Å². The van der Waals surface area contributed by atoms with Gasteiger partial charge in [0.25, 0.3) is 5.91 Å². The Bertz CT molecular complexity index is 768. The van der Waals surface area contributed by atoms with Crippen molar-refractivity contribution >= 4 is 22.5 Å². The molecule has 5 nitrogen and oxygen atoms in total. The summed E-state index contributed by atoms with van der Waals surface area (Å²) < 4.78 is 0. The van der Waals surface area contributed by atoms with Gasteiger partial charge in [-0.15, -0.1) is 0 Å². The number of anilines is 1. The average molecular weight is 295 g/mol. The third kappa shape index (κ3) is 2.84. The van der Waals surface area contributed by atoms with Gasteiger partial charge in [0, 0.05) is 17.3 Å². The fourth-order valence-electron chi connectivity index (χ4n) is 2.50. The van der Waals surface area contributed by atoms with Gasteiger partial charge in [0.1, 0.15) is 0 Å². The van der Waals surface area contributed by atoms with Crippen molar-refractivity contribution in [1.82, 2.24) is 10.5 Å². The standard InChI is InChI=1S/C17H17N3O2/c1-11-4-2-3-5-15(11)19-14-6-7-16-12(9-14)8-13(10-18-16)17(21)20-22/h2-11,15,19,22H,1H3,(H,20,21). The molecule has 0 saturated heterocycles. The molecule has 0 saturated carbocycles. The Morgan fingerprint density at radius 1 is 1.23 bits per heavy atom. The van der Waals surface area contributed by atoms with Crippen molar-refractivity contribution in [2.24, 2.45) is 5.92 Å². The van der Waals surface area contributed by atoms with Crippen LogP contribution in [-0.4, -0.2) is 22.1 Å². The molecule has 3 N–H and O–H groups in total. The van der Waals surface area contributed by atoms with E-state index < -0.39 is 5.91 Å². The first-order valence-corrected chi connectivity index (χ1v) is 7.13. The van der Waals surface area contributed by atoms with Crippen LogP contribution >= 0.6 is 0 Å². The highest BCUT2D eigenvalue weighted by Crippen LogP contribution is 2.22. The molecule has 22 heavy (non-hydrogen) atoms. The lowest BCUT2D eigenvalue weighted by molar-refractivity contribution is 0.0706. The van der Waals surface area contributed by atoms with Crippen LogP contribution in [0.1, 0.15) is 17.3 Å². The predicted octanol–water partition coefficient (Wildman–Crippen LogP) is 2.90. The van der Waals surface area contributed by atoms with Crippen LogP contribution in [-0.2, 0) is 0 Å². The Kier molecular flexibility index (Phi) is 3.89. The van der Waals surface area contributed by atoms with Gasteiger partial charge in [0.15, 0.2) is 0 Å². The van der Waals surface area contributed by atoms with E-state index in [0.717, 1.165) is 16.6 Å². The predicted molar refractivity (Wildman–Crippen MR) is 85.9 cm³/mol. The Hall–Kier alpha value is -2.66. The zero-order valence-electron chi connectivity index (χ0n) is 12.2. The Balaban J connectivity index is 1.89. The summed E-state index contributed by atoms with van der Waals surface area (Å²) in [4.78, 5) is 15.7. The molecule has 112 valence electrons. The molecule has 3 rings (SSSR count). The molecule has 2 unspecified atom stereocenters. The van der Waals surface area contributed by atoms with Crippen LogP contribution in [0.4, 0.5) is 5.69 Å². The molecule has 2 atom stereocenters. The van der Waals surface area contributed by atoms with E-state index in [1.54, 1.807) is 11.5 Å². The highest BCUT2D eigenvalue weighted by molar-refractivity contribution is 5.97. The summed E-state index contributed by atoms with van der Waals surface area (Å²) in [5, 5.41) is 13.0. The number of carbonyl (C=O) groups is 1. The Morgan fingerprint density at radius 3 is 2.82 bits per heavy atom. The van der Waals surface area contributed by atoms with E-state index in [1.165, 1.54) is 6.20 Å². The monoisotopic (exact) mass is 295 g/mol. The van der Waals surface area contributed by atoms with Crippen molar-refractivity contribution in [1.29, 1.82) is 0 Å². The molecule has 0 fully saturated rings. The van der Waals surface area contributed by atoms with E-state index in [0.29, 0.717) is 11.5 Å². The van der Waals surface area contributed by atoms with Gasteiger partial charge in [0.05, 0.1) is 17.1 Å². The quantitative estimate of drug-likeness (QED) is 0.601. The maximum atomic E-state index is 11.5. The molecule has 1 amide bonds. The van der Waals surface area contributed by atoms with E-state index in [9.17, 15) is 4.79 Å². The van der Waals surface area contributed by atoms with Gasteiger partial charge in [-0.05, 0) is 30.2 Å². The molecule has 1 aromatic heterocycles. The average Bonchev–Trinajstić information content (AvgIpc) is 2.55. The number of hydrogen-bond acceptors (Lipinski definition) is 4. The zero-order valence-corrected chi connectivity index (χ0v) is 12.2. The second kappa shape index (κ2) is 5.99. The lowest BCUT2D eigenvalue weighted by atomic mass is 9.97. The molecule has 0 bridgehead atoms. The van der Waals surface area contributed by atoms with Crippen molar-refractivity contribution in [3.8, 4) is 0 Å². The second-order valence-corrected chi connectivity index (χ2v) is 5.37. The number of hydrogen-bond donors (Lipinski definition) is 3. The summed E-state index contributed by atoms with van der Waals surface area (Å²) in [6, 6.07) is 7.78. The van der Waals surface area contributed by atoms with E-state index >= 15 is 0 Å². The van der Waals surface area contributed by atoms with Crippen molar-refractivity contribution in [3.63, 3.8) is 0 Å². The van der Waals surface area contributed by atoms with Crippen LogP contribution in [0.15, 0.2) is 54.8 Å². The summed E-state index contributed by atoms with van der Waals surface area (Å²) in [5.41, 5.74) is 3.70. The van der Waals surface area contributed by atoms with Crippen LogP contribution in [0.25, 0.3) is 10.9 Å². The molecule has 2 aromatic rings. The summed E-state index contributed by atoms with van der Waals surface area (Å²) >= 11 is 0. The van der Waals surface area contributed by atoms with E-state index in [2.05, 4.69) is 29.4 Å². The minimum Gasteiger partial charge on any atom is -0.378 e. The fraction of sp³-hybridized carbons (Fsp3) is 0.176. The SMILES string of the molecule is CC1C=CC=CC1Nc1ccc2ncc(C(=O)NO)cc2c1. The number of pyridine rings is 1. The van der Waals surface area contributed by atoms with Crippen molar-refractivity contribution < 1.29 is 10.0 Å². The summed E-state index contributed by atoms with van der Waals surface area (Å²) in [7, 11) is 0. The van der Waals surface area contributed by atoms with E-state index in [1.807, 2.05) is 30.4 Å². The molecular formula is C17H17N3O2. The largest absolute Gasteiger partial charge is 0.378 e. The van der Waals surface area contributed by atoms with Crippen LogP contribution in [0, 0.1) is 5.92 Å². The smallest absolute Gasteiger partial charge is 0.276 e. The van der Waals surface area contributed by atoms with Crippen LogP contribution in [0.2, 0.25) is 0 Å². The van der Waals surface area contributed by atoms with E-state index in [4.69, 9.17) is 5.21 Å². The lowest BCUT2D eigenvalue weighted by Gasteiger charge is -2.23. The molecule has 0 aliphatic heterocycles. The van der Waals surface area contributed by atoms with Gasteiger partial charge >= 0.3 is 0 Å². The first-order valence-electron chi connectivity index (χ1n) is 7.13. The Labute approximate surface area is 128 Å². The first-order chi connectivity index (χ1) is 10.7. The molecule has 5 heteroatoms. The minimum absolute atomic E-state index is 0.235. The van der Waals surface area contributed by atoms with Crippen LogP contribution in [0.5, 0.6) is 0 Å². The number of rotatable bonds is 3. The van der Waals surface area contributed by atoms with Crippen molar-refractivity contribution in [2.45, 2.75) is 13.0 Å². The number of benzene rings is 1. The number of hydroxylamine groups is 1. The summed E-state index contributed by atoms with van der Waals surface area (Å²) in [6.45, 7) is 2.16. The fourth-order valence-corrected chi connectivity index (χ4v) is 2.50. The zero-order chi connectivity index (χ0) is 15.5. The minimum atomic E-state index is -0.568.